The Morgan fingerprint density at radius 3 is 2.15 bits per heavy atom. The highest BCUT2D eigenvalue weighted by Crippen LogP contribution is 2.40. The van der Waals surface area contributed by atoms with Crippen LogP contribution in [0, 0.1) is 0 Å². The van der Waals surface area contributed by atoms with Crippen molar-refractivity contribution in [2.24, 2.45) is 0 Å². The van der Waals surface area contributed by atoms with E-state index in [9.17, 15) is 22.8 Å². The molecule has 0 aliphatic carbocycles. The van der Waals surface area contributed by atoms with E-state index in [1.807, 2.05) is 0 Å². The van der Waals surface area contributed by atoms with Gasteiger partial charge in [0.2, 0.25) is 11.7 Å². The third-order valence-electron chi connectivity index (χ3n) is 5.02. The van der Waals surface area contributed by atoms with Crippen molar-refractivity contribution in [1.82, 2.24) is 19.9 Å². The zero-order valence-electron chi connectivity index (χ0n) is 22.1. The van der Waals surface area contributed by atoms with Gasteiger partial charge in [-0.3, -0.25) is 9.36 Å². The molecule has 0 spiro atoms. The van der Waals surface area contributed by atoms with Gasteiger partial charge < -0.3 is 34.9 Å². The van der Waals surface area contributed by atoms with Gasteiger partial charge in [-0.15, -0.1) is 0 Å². The van der Waals surface area contributed by atoms with Crippen molar-refractivity contribution < 1.29 is 41.7 Å². The predicted octanol–water partition coefficient (Wildman–Crippen LogP) is 4.23. The number of alkyl halides is 3. The summed E-state index contributed by atoms with van der Waals surface area (Å²) < 4.78 is 61.2. The van der Waals surface area contributed by atoms with Gasteiger partial charge in [-0.05, 0) is 32.9 Å². The van der Waals surface area contributed by atoms with E-state index in [1.54, 1.807) is 38.2 Å². The lowest BCUT2D eigenvalue weighted by Crippen LogP contribution is -2.34. The van der Waals surface area contributed by atoms with Crippen molar-refractivity contribution in [3.05, 3.63) is 24.3 Å². The van der Waals surface area contributed by atoms with E-state index in [0.717, 1.165) is 0 Å². The summed E-state index contributed by atoms with van der Waals surface area (Å²) in [7, 11) is 4.38. The third kappa shape index (κ3) is 7.33. The van der Waals surface area contributed by atoms with Gasteiger partial charge in [-0.2, -0.15) is 13.2 Å². The Kier molecular flexibility index (Phi) is 8.61. The number of nitrogens with one attached hydrogen (secondary N) is 3. The summed E-state index contributed by atoms with van der Waals surface area (Å²) in [4.78, 5) is 32.2. The van der Waals surface area contributed by atoms with Crippen LogP contribution in [0.15, 0.2) is 24.3 Å². The lowest BCUT2D eigenvalue weighted by atomic mass is 10.2. The maximum Gasteiger partial charge on any atom is 0.471 e. The lowest BCUT2D eigenvalue weighted by molar-refractivity contribution is -0.167. The van der Waals surface area contributed by atoms with Crippen LogP contribution in [0.2, 0.25) is 0 Å². The number of imidazole rings is 1. The Morgan fingerprint density at radius 2 is 1.62 bits per heavy atom. The molecular formula is C24H29F3N6O6. The van der Waals surface area contributed by atoms with E-state index in [-0.39, 0.29) is 30.5 Å². The van der Waals surface area contributed by atoms with Gasteiger partial charge in [0.1, 0.15) is 16.9 Å². The summed E-state index contributed by atoms with van der Waals surface area (Å²) in [6.07, 6.45) is -5.75. The first-order valence-electron chi connectivity index (χ1n) is 11.5. The quantitative estimate of drug-likeness (QED) is 0.355. The van der Waals surface area contributed by atoms with Crippen LogP contribution < -0.4 is 30.2 Å². The first-order chi connectivity index (χ1) is 18.2. The molecule has 0 aliphatic rings. The number of aromatic nitrogens is 3. The molecule has 0 fully saturated rings. The minimum absolute atomic E-state index is 0.0606. The number of pyridine rings is 1. The number of amides is 2. The number of fused-ring (bicyclic) bond motifs is 1. The van der Waals surface area contributed by atoms with Gasteiger partial charge >= 0.3 is 18.2 Å². The number of methoxy groups -OCH3 is 3. The van der Waals surface area contributed by atoms with E-state index >= 15 is 0 Å². The van der Waals surface area contributed by atoms with Crippen LogP contribution in [0.3, 0.4) is 0 Å². The zero-order valence-corrected chi connectivity index (χ0v) is 22.1. The molecule has 0 atom stereocenters. The standard InChI is InChI=1S/C24H29F3N6O6/c1-23(2,3)39-22(35)28-9-10-33-19-14(7-8-17(31-19)32-20(34)24(25,26)27)30-21(33)29-13-11-15(36-4)18(38-6)16(12-13)37-5/h7-8,11-12H,9-10H2,1-6H3,(H,28,35)(H,29,30)(H,31,32,34). The molecule has 15 heteroatoms. The minimum Gasteiger partial charge on any atom is -0.493 e. The predicted molar refractivity (Wildman–Crippen MR) is 136 cm³/mol. The van der Waals surface area contributed by atoms with Crippen molar-refractivity contribution in [3.8, 4) is 17.2 Å². The van der Waals surface area contributed by atoms with Gasteiger partial charge in [-0.1, -0.05) is 0 Å². The normalized spacial score (nSPS) is 11.6. The fourth-order valence-electron chi connectivity index (χ4n) is 3.43. The number of alkyl carbamates (subject to hydrolysis) is 1. The largest absolute Gasteiger partial charge is 0.493 e. The van der Waals surface area contributed by atoms with Gasteiger partial charge in [0.15, 0.2) is 17.1 Å². The molecule has 2 aromatic heterocycles. The molecule has 0 radical (unpaired) electrons. The molecule has 0 bridgehead atoms. The van der Waals surface area contributed by atoms with Gasteiger partial charge in [0.05, 0.1) is 21.3 Å². The van der Waals surface area contributed by atoms with E-state index in [1.165, 1.54) is 38.0 Å². The van der Waals surface area contributed by atoms with Crippen LogP contribution in [0.4, 0.5) is 35.4 Å². The van der Waals surface area contributed by atoms with Crippen molar-refractivity contribution in [3.63, 3.8) is 0 Å². The Balaban J connectivity index is 1.99. The monoisotopic (exact) mass is 554 g/mol. The molecule has 2 amide bonds. The second-order valence-electron chi connectivity index (χ2n) is 9.05. The summed E-state index contributed by atoms with van der Waals surface area (Å²) in [6.45, 7) is 5.31. The molecule has 3 rings (SSSR count). The molecule has 0 aliphatic heterocycles. The SMILES string of the molecule is COc1cc(Nc2nc3ccc(NC(=O)C(F)(F)F)nc3n2CCNC(=O)OC(C)(C)C)cc(OC)c1OC. The molecule has 3 N–H and O–H groups in total. The molecule has 0 saturated heterocycles. The van der Waals surface area contributed by atoms with Gasteiger partial charge in [0, 0.05) is 30.9 Å². The number of hydrogen-bond donors (Lipinski definition) is 3. The molecule has 39 heavy (non-hydrogen) atoms. The van der Waals surface area contributed by atoms with E-state index in [2.05, 4.69) is 20.6 Å². The van der Waals surface area contributed by atoms with Crippen LogP contribution in [-0.4, -0.2) is 66.2 Å². The maximum atomic E-state index is 12.8. The molecule has 0 saturated carbocycles. The number of carbonyl (C=O) groups is 2. The third-order valence-corrected chi connectivity index (χ3v) is 5.02. The molecule has 2 heterocycles. The average Bonchev–Trinajstić information content (AvgIpc) is 3.17. The molecular weight excluding hydrogens is 525 g/mol. The first-order valence-corrected chi connectivity index (χ1v) is 11.5. The summed E-state index contributed by atoms with van der Waals surface area (Å²) in [6, 6.07) is 5.87. The smallest absolute Gasteiger partial charge is 0.471 e. The molecule has 1 aromatic carbocycles. The minimum atomic E-state index is -5.09. The van der Waals surface area contributed by atoms with Crippen molar-refractivity contribution in [1.29, 1.82) is 0 Å². The highest BCUT2D eigenvalue weighted by Gasteiger charge is 2.39. The van der Waals surface area contributed by atoms with E-state index in [0.29, 0.717) is 28.5 Å². The number of nitrogens with zero attached hydrogens (tertiary/aromatic N) is 3. The number of ether oxygens (including phenoxy) is 4. The topological polar surface area (TPSA) is 138 Å². The van der Waals surface area contributed by atoms with Crippen molar-refractivity contribution >= 4 is 40.6 Å². The molecule has 0 unspecified atom stereocenters. The van der Waals surface area contributed by atoms with Crippen LogP contribution >= 0.6 is 0 Å². The Bertz CT molecular complexity index is 1330. The van der Waals surface area contributed by atoms with Gasteiger partial charge in [-0.25, -0.2) is 14.8 Å². The average molecular weight is 555 g/mol. The molecule has 212 valence electrons. The number of rotatable bonds is 9. The van der Waals surface area contributed by atoms with Crippen molar-refractivity contribution in [2.75, 3.05) is 38.5 Å². The highest BCUT2D eigenvalue weighted by molar-refractivity contribution is 5.95. The van der Waals surface area contributed by atoms with Crippen molar-refractivity contribution in [2.45, 2.75) is 39.1 Å². The van der Waals surface area contributed by atoms with Gasteiger partial charge in [0.25, 0.3) is 0 Å². The summed E-state index contributed by atoms with van der Waals surface area (Å²) in [5.41, 5.74) is 0.230. The molecule has 3 aromatic rings. The lowest BCUT2D eigenvalue weighted by Gasteiger charge is -2.20. The first kappa shape index (κ1) is 29.1. The summed E-state index contributed by atoms with van der Waals surface area (Å²) in [5, 5.41) is 7.45. The van der Waals surface area contributed by atoms with Crippen LogP contribution in [0.5, 0.6) is 17.2 Å². The van der Waals surface area contributed by atoms with Crippen LogP contribution in [0.25, 0.3) is 11.2 Å². The second kappa shape index (κ2) is 11.5. The van der Waals surface area contributed by atoms with E-state index in [4.69, 9.17) is 18.9 Å². The number of halogens is 3. The molecule has 12 nitrogen and oxygen atoms in total. The van der Waals surface area contributed by atoms with E-state index < -0.39 is 23.8 Å². The second-order valence-corrected chi connectivity index (χ2v) is 9.05. The zero-order chi connectivity index (χ0) is 29.0. The Labute approximate surface area is 221 Å². The number of hydrogen-bond acceptors (Lipinski definition) is 9. The Morgan fingerprint density at radius 1 is 0.974 bits per heavy atom. The summed E-state index contributed by atoms with van der Waals surface area (Å²) >= 11 is 0. The highest BCUT2D eigenvalue weighted by atomic mass is 19.4. The number of benzene rings is 1. The summed E-state index contributed by atoms with van der Waals surface area (Å²) in [5.74, 6) is -1.16. The number of carbonyl (C=O) groups excluding carboxylic acids is 2. The number of anilines is 3. The fourth-order valence-corrected chi connectivity index (χ4v) is 3.43. The fraction of sp³-hybridized carbons (Fsp3) is 0.417. The Hall–Kier alpha value is -4.43. The maximum absolute atomic E-state index is 12.8. The van der Waals surface area contributed by atoms with Crippen LogP contribution in [-0.2, 0) is 16.1 Å². The van der Waals surface area contributed by atoms with Crippen LogP contribution in [0.1, 0.15) is 20.8 Å².